The van der Waals surface area contributed by atoms with E-state index >= 15 is 0 Å². The molecule has 1 aromatic rings. The molecule has 1 fully saturated rings. The number of thiocarbonyl (C=S) groups is 1. The number of nitrogens with zero attached hydrogens (tertiary/aromatic N) is 1. The number of carbonyl (C=O) groups is 1. The van der Waals surface area contributed by atoms with Crippen LogP contribution in [0.5, 0.6) is 0 Å². The highest BCUT2D eigenvalue weighted by Crippen LogP contribution is 2.32. The second-order valence-electron chi connectivity index (χ2n) is 6.87. The molecule has 1 aromatic carbocycles. The molecule has 26 heavy (non-hydrogen) atoms. The van der Waals surface area contributed by atoms with E-state index in [0.29, 0.717) is 11.6 Å². The van der Waals surface area contributed by atoms with Gasteiger partial charge in [-0.15, -0.1) is 0 Å². The fraction of sp³-hybridized carbons (Fsp3) is 0.526. The Kier molecular flexibility index (Phi) is 7.84. The molecule has 142 valence electrons. The molecule has 1 aliphatic carbocycles. The van der Waals surface area contributed by atoms with E-state index in [1.165, 1.54) is 37.7 Å². The van der Waals surface area contributed by atoms with Crippen molar-refractivity contribution in [3.05, 3.63) is 35.4 Å². The molecule has 0 heterocycles. The van der Waals surface area contributed by atoms with Gasteiger partial charge in [0.05, 0.1) is 0 Å². The SMILES string of the molecule is CC(C)NC(=O)OC/C(=N\NC(N)=S)c1ccc(C2CCCCC2)cc1. The summed E-state index contributed by atoms with van der Waals surface area (Å²) in [5, 5.41) is 6.92. The van der Waals surface area contributed by atoms with Crippen LogP contribution in [0.4, 0.5) is 4.79 Å². The molecule has 0 bridgehead atoms. The smallest absolute Gasteiger partial charge is 0.407 e. The van der Waals surface area contributed by atoms with Crippen LogP contribution in [0.1, 0.15) is 63.0 Å². The zero-order valence-electron chi connectivity index (χ0n) is 15.5. The van der Waals surface area contributed by atoms with Crippen LogP contribution in [-0.2, 0) is 4.74 Å². The Morgan fingerprint density at radius 1 is 1.27 bits per heavy atom. The summed E-state index contributed by atoms with van der Waals surface area (Å²) in [6, 6.07) is 8.29. The van der Waals surface area contributed by atoms with Crippen LogP contribution >= 0.6 is 12.2 Å². The number of alkyl carbamates (subject to hydrolysis) is 1. The number of hydrogen-bond acceptors (Lipinski definition) is 4. The maximum atomic E-state index is 11.7. The molecule has 0 unspecified atom stereocenters. The highest BCUT2D eigenvalue weighted by atomic mass is 32.1. The Hall–Kier alpha value is -2.15. The average molecular weight is 377 g/mol. The first kappa shape index (κ1) is 20.2. The molecule has 4 N–H and O–H groups in total. The molecule has 2 rings (SSSR count). The molecule has 1 amide bonds. The minimum Gasteiger partial charge on any atom is -0.443 e. The van der Waals surface area contributed by atoms with Gasteiger partial charge < -0.3 is 15.8 Å². The number of benzene rings is 1. The second-order valence-corrected chi connectivity index (χ2v) is 7.31. The molecule has 1 saturated carbocycles. The zero-order chi connectivity index (χ0) is 18.9. The van der Waals surface area contributed by atoms with E-state index in [4.69, 9.17) is 22.7 Å². The first-order valence-corrected chi connectivity index (χ1v) is 9.52. The minimum absolute atomic E-state index is 0.00686. The summed E-state index contributed by atoms with van der Waals surface area (Å²) in [5.74, 6) is 0.640. The maximum absolute atomic E-state index is 11.7. The number of carbonyl (C=O) groups excluding carboxylic acids is 1. The number of hydrogen-bond donors (Lipinski definition) is 3. The van der Waals surface area contributed by atoms with Crippen molar-refractivity contribution in [2.75, 3.05) is 6.61 Å². The molecule has 0 aromatic heterocycles. The normalized spacial score (nSPS) is 15.6. The number of rotatable bonds is 6. The Balaban J connectivity index is 2.07. The summed E-state index contributed by atoms with van der Waals surface area (Å²) < 4.78 is 5.24. The van der Waals surface area contributed by atoms with Gasteiger partial charge in [-0.05, 0) is 50.4 Å². The molecule has 0 atom stereocenters. The Bertz CT molecular complexity index is 637. The Morgan fingerprint density at radius 2 is 1.92 bits per heavy atom. The van der Waals surface area contributed by atoms with E-state index < -0.39 is 6.09 Å². The topological polar surface area (TPSA) is 88.7 Å². The quantitative estimate of drug-likeness (QED) is 0.402. The Morgan fingerprint density at radius 3 is 2.50 bits per heavy atom. The van der Waals surface area contributed by atoms with Gasteiger partial charge in [-0.1, -0.05) is 43.5 Å². The summed E-state index contributed by atoms with van der Waals surface area (Å²) in [6.45, 7) is 3.76. The van der Waals surface area contributed by atoms with Crippen molar-refractivity contribution in [1.29, 1.82) is 0 Å². The fourth-order valence-corrected chi connectivity index (χ4v) is 3.14. The minimum atomic E-state index is -0.484. The molecule has 6 nitrogen and oxygen atoms in total. The number of nitrogens with one attached hydrogen (secondary N) is 2. The monoisotopic (exact) mass is 376 g/mol. The van der Waals surface area contributed by atoms with Gasteiger partial charge in [0.2, 0.25) is 0 Å². The van der Waals surface area contributed by atoms with Gasteiger partial charge in [-0.3, -0.25) is 5.43 Å². The molecular formula is C19H28N4O2S. The number of hydrazone groups is 1. The summed E-state index contributed by atoms with van der Waals surface area (Å²) in [4.78, 5) is 11.7. The summed E-state index contributed by atoms with van der Waals surface area (Å²) in [5.41, 5.74) is 10.8. The van der Waals surface area contributed by atoms with Crippen molar-refractivity contribution in [2.45, 2.75) is 57.9 Å². The van der Waals surface area contributed by atoms with Gasteiger partial charge >= 0.3 is 6.09 Å². The molecule has 7 heteroatoms. The number of ether oxygens (including phenoxy) is 1. The first-order chi connectivity index (χ1) is 12.5. The maximum Gasteiger partial charge on any atom is 0.407 e. The second kappa shape index (κ2) is 10.1. The van der Waals surface area contributed by atoms with Crippen LogP contribution in [0.3, 0.4) is 0 Å². The van der Waals surface area contributed by atoms with Gasteiger partial charge in [0.1, 0.15) is 12.3 Å². The number of nitrogens with two attached hydrogens (primary N) is 1. The lowest BCUT2D eigenvalue weighted by Gasteiger charge is -2.22. The van der Waals surface area contributed by atoms with E-state index in [0.717, 1.165) is 5.56 Å². The van der Waals surface area contributed by atoms with Crippen molar-refractivity contribution < 1.29 is 9.53 Å². The van der Waals surface area contributed by atoms with E-state index in [-0.39, 0.29) is 17.8 Å². The number of amides is 1. The lowest BCUT2D eigenvalue weighted by molar-refractivity contribution is 0.159. The van der Waals surface area contributed by atoms with Crippen molar-refractivity contribution in [3.63, 3.8) is 0 Å². The van der Waals surface area contributed by atoms with E-state index in [1.807, 2.05) is 26.0 Å². The third kappa shape index (κ3) is 6.63. The standard InChI is InChI=1S/C19H28N4O2S/c1-13(2)21-19(24)25-12-17(22-23-18(20)26)16-10-8-15(9-11-16)14-6-4-3-5-7-14/h8-11,13-14H,3-7,12H2,1-2H3,(H,21,24)(H3,20,23,26)/b22-17+. The van der Waals surface area contributed by atoms with Gasteiger partial charge in [-0.25, -0.2) is 4.79 Å². The Labute approximate surface area is 160 Å². The highest BCUT2D eigenvalue weighted by molar-refractivity contribution is 7.80. The van der Waals surface area contributed by atoms with Crippen LogP contribution in [-0.4, -0.2) is 29.6 Å². The van der Waals surface area contributed by atoms with Crippen LogP contribution in [0.2, 0.25) is 0 Å². The third-order valence-corrected chi connectivity index (χ3v) is 4.46. The van der Waals surface area contributed by atoms with Crippen molar-refractivity contribution in [2.24, 2.45) is 10.8 Å². The van der Waals surface area contributed by atoms with Crippen LogP contribution in [0, 0.1) is 0 Å². The zero-order valence-corrected chi connectivity index (χ0v) is 16.3. The molecule has 0 saturated heterocycles. The average Bonchev–Trinajstić information content (AvgIpc) is 2.62. The predicted octanol–water partition coefficient (Wildman–Crippen LogP) is 3.41. The van der Waals surface area contributed by atoms with Crippen LogP contribution in [0.25, 0.3) is 0 Å². The summed E-state index contributed by atoms with van der Waals surface area (Å²) in [7, 11) is 0. The lowest BCUT2D eigenvalue weighted by Crippen LogP contribution is -2.33. The van der Waals surface area contributed by atoms with E-state index in [9.17, 15) is 4.79 Å². The molecule has 0 aliphatic heterocycles. The van der Waals surface area contributed by atoms with Gasteiger partial charge in [-0.2, -0.15) is 5.10 Å². The fourth-order valence-electron chi connectivity index (χ4n) is 3.10. The predicted molar refractivity (Wildman–Crippen MR) is 108 cm³/mol. The van der Waals surface area contributed by atoms with Gasteiger partial charge in [0.15, 0.2) is 5.11 Å². The lowest BCUT2D eigenvalue weighted by atomic mass is 9.84. The van der Waals surface area contributed by atoms with Crippen molar-refractivity contribution >= 4 is 29.1 Å². The third-order valence-electron chi connectivity index (χ3n) is 4.37. The molecule has 0 radical (unpaired) electrons. The molecule has 1 aliphatic rings. The van der Waals surface area contributed by atoms with Crippen molar-refractivity contribution in [1.82, 2.24) is 10.7 Å². The first-order valence-electron chi connectivity index (χ1n) is 9.11. The van der Waals surface area contributed by atoms with E-state index in [2.05, 4.69) is 28.0 Å². The van der Waals surface area contributed by atoms with Gasteiger partial charge in [0.25, 0.3) is 0 Å². The van der Waals surface area contributed by atoms with Crippen molar-refractivity contribution in [3.8, 4) is 0 Å². The summed E-state index contributed by atoms with van der Waals surface area (Å²) >= 11 is 4.80. The highest BCUT2D eigenvalue weighted by Gasteiger charge is 2.16. The van der Waals surface area contributed by atoms with E-state index in [1.54, 1.807) is 0 Å². The molecule has 0 spiro atoms. The summed E-state index contributed by atoms with van der Waals surface area (Å²) in [6.07, 6.45) is 5.96. The molecular weight excluding hydrogens is 348 g/mol. The van der Waals surface area contributed by atoms with Gasteiger partial charge in [0, 0.05) is 11.6 Å². The van der Waals surface area contributed by atoms with Crippen LogP contribution < -0.4 is 16.5 Å². The van der Waals surface area contributed by atoms with Crippen LogP contribution in [0.15, 0.2) is 29.4 Å². The largest absolute Gasteiger partial charge is 0.443 e.